The summed E-state index contributed by atoms with van der Waals surface area (Å²) in [5.41, 5.74) is 0.669. The highest BCUT2D eigenvalue weighted by Gasteiger charge is 2.15. The Kier molecular flexibility index (Phi) is 2.63. The Morgan fingerprint density at radius 2 is 2.38 bits per heavy atom. The minimum Gasteiger partial charge on any atom is -0.390 e. The number of aryl methyl sites for hydroxylation is 1. The van der Waals surface area contributed by atoms with Crippen molar-refractivity contribution in [3.63, 3.8) is 0 Å². The van der Waals surface area contributed by atoms with Gasteiger partial charge in [0.1, 0.15) is 24.6 Å². The third-order valence-corrected chi connectivity index (χ3v) is 2.10. The molecule has 2 rings (SSSR count). The molecule has 0 radical (unpaired) electrons. The molecule has 84 valence electrons. The van der Waals surface area contributed by atoms with E-state index in [1.54, 1.807) is 17.1 Å². The van der Waals surface area contributed by atoms with Crippen molar-refractivity contribution in [2.75, 3.05) is 0 Å². The number of hydrogen-bond acceptors (Lipinski definition) is 5. The lowest BCUT2D eigenvalue weighted by Gasteiger charge is -1.97. The van der Waals surface area contributed by atoms with Gasteiger partial charge < -0.3 is 10.1 Å². The maximum absolute atomic E-state index is 10.6. The average molecular weight is 222 g/mol. The van der Waals surface area contributed by atoms with Gasteiger partial charge in [-0.2, -0.15) is 0 Å². The second kappa shape index (κ2) is 4.09. The summed E-state index contributed by atoms with van der Waals surface area (Å²) in [6, 6.07) is 0. The van der Waals surface area contributed by atoms with Crippen molar-refractivity contribution in [3.05, 3.63) is 34.4 Å². The van der Waals surface area contributed by atoms with Crippen LogP contribution in [0.3, 0.4) is 0 Å². The van der Waals surface area contributed by atoms with Gasteiger partial charge in [-0.15, -0.1) is 5.10 Å². The highest BCUT2D eigenvalue weighted by Crippen LogP contribution is 2.09. The largest absolute Gasteiger partial charge is 0.434 e. The molecule has 8 heteroatoms. The van der Waals surface area contributed by atoms with Gasteiger partial charge in [0.15, 0.2) is 0 Å². The smallest absolute Gasteiger partial charge is 0.390 e. The third kappa shape index (κ3) is 1.90. The van der Waals surface area contributed by atoms with E-state index in [2.05, 4.69) is 15.3 Å². The maximum atomic E-state index is 10.6. The minimum absolute atomic E-state index is 0.189. The second-order valence-corrected chi connectivity index (χ2v) is 3.18. The summed E-state index contributed by atoms with van der Waals surface area (Å²) < 4.78 is 3.09. The molecule has 0 aliphatic heterocycles. The molecule has 0 fully saturated rings. The van der Waals surface area contributed by atoms with Crippen LogP contribution in [-0.2, 0) is 13.1 Å². The number of rotatable bonds is 4. The molecule has 0 bridgehead atoms. The van der Waals surface area contributed by atoms with Crippen LogP contribution < -0.4 is 0 Å². The summed E-state index contributed by atoms with van der Waals surface area (Å²) in [5.74, 6) is -0.189. The van der Waals surface area contributed by atoms with E-state index in [0.717, 1.165) is 6.54 Å². The van der Waals surface area contributed by atoms with Gasteiger partial charge in [-0.05, 0) is 11.8 Å². The Morgan fingerprint density at radius 3 is 3.00 bits per heavy atom. The van der Waals surface area contributed by atoms with E-state index in [4.69, 9.17) is 0 Å². The number of nitro groups is 1. The van der Waals surface area contributed by atoms with E-state index in [-0.39, 0.29) is 5.95 Å². The predicted octanol–water partition coefficient (Wildman–Crippen LogP) is 0.451. The van der Waals surface area contributed by atoms with Crippen LogP contribution in [0, 0.1) is 10.1 Å². The molecule has 2 heterocycles. The molecule has 0 N–H and O–H groups in total. The number of nitrogens with zero attached hydrogens (tertiary/aromatic N) is 6. The highest BCUT2D eigenvalue weighted by atomic mass is 16.6. The zero-order valence-electron chi connectivity index (χ0n) is 8.65. The molecule has 2 aromatic heterocycles. The normalized spacial score (nSPS) is 10.6. The molecule has 0 saturated carbocycles. The fraction of sp³-hybridized carbons (Fsp3) is 0.375. The first-order valence-electron chi connectivity index (χ1n) is 4.75. The SMILES string of the molecule is CCn1cc(Cn2ccnc2[N+](=O)[O-])nn1. The standard InChI is InChI=1S/C8H10N6O2/c1-2-13-6-7(10-11-13)5-12-4-3-9-8(12)14(15)16/h3-4,6H,2,5H2,1H3. The Balaban J connectivity index is 2.20. The van der Waals surface area contributed by atoms with Crippen molar-refractivity contribution in [3.8, 4) is 0 Å². The van der Waals surface area contributed by atoms with Crippen LogP contribution in [0.25, 0.3) is 0 Å². The van der Waals surface area contributed by atoms with E-state index in [1.165, 1.54) is 10.8 Å². The average Bonchev–Trinajstić information content (AvgIpc) is 2.87. The van der Waals surface area contributed by atoms with Crippen molar-refractivity contribution in [2.45, 2.75) is 20.0 Å². The summed E-state index contributed by atoms with van der Waals surface area (Å²) in [7, 11) is 0. The lowest BCUT2D eigenvalue weighted by Crippen LogP contribution is -2.04. The van der Waals surface area contributed by atoms with Crippen LogP contribution in [0.15, 0.2) is 18.6 Å². The number of hydrogen-bond donors (Lipinski definition) is 0. The Bertz CT molecular complexity index is 502. The summed E-state index contributed by atoms with van der Waals surface area (Å²) >= 11 is 0. The van der Waals surface area contributed by atoms with E-state index in [9.17, 15) is 10.1 Å². The lowest BCUT2D eigenvalue weighted by atomic mass is 10.4. The molecule has 2 aromatic rings. The molecule has 0 amide bonds. The van der Waals surface area contributed by atoms with Crippen molar-refractivity contribution < 1.29 is 4.92 Å². The van der Waals surface area contributed by atoms with Crippen molar-refractivity contribution in [1.82, 2.24) is 24.5 Å². The van der Waals surface area contributed by atoms with Crippen LogP contribution >= 0.6 is 0 Å². The van der Waals surface area contributed by atoms with Gasteiger partial charge in [-0.25, -0.2) is 4.57 Å². The van der Waals surface area contributed by atoms with Gasteiger partial charge in [-0.3, -0.25) is 4.68 Å². The van der Waals surface area contributed by atoms with Gasteiger partial charge in [-0.1, -0.05) is 10.2 Å². The molecule has 0 aromatic carbocycles. The van der Waals surface area contributed by atoms with Crippen LogP contribution in [0.5, 0.6) is 0 Å². The van der Waals surface area contributed by atoms with Crippen LogP contribution in [0.1, 0.15) is 12.6 Å². The van der Waals surface area contributed by atoms with Gasteiger partial charge >= 0.3 is 5.95 Å². The summed E-state index contributed by atoms with van der Waals surface area (Å²) in [6.45, 7) is 2.97. The Labute approximate surface area is 90.7 Å². The molecular formula is C8H10N6O2. The number of imidazole rings is 1. The monoisotopic (exact) mass is 222 g/mol. The fourth-order valence-corrected chi connectivity index (χ4v) is 1.34. The van der Waals surface area contributed by atoms with Gasteiger partial charge in [0.25, 0.3) is 0 Å². The summed E-state index contributed by atoms with van der Waals surface area (Å²) in [5, 5.41) is 18.4. The van der Waals surface area contributed by atoms with E-state index in [0.29, 0.717) is 12.2 Å². The molecule has 16 heavy (non-hydrogen) atoms. The number of aromatic nitrogens is 5. The molecule has 0 unspecified atom stereocenters. The van der Waals surface area contributed by atoms with E-state index < -0.39 is 4.92 Å². The van der Waals surface area contributed by atoms with Crippen LogP contribution in [-0.4, -0.2) is 29.5 Å². The summed E-state index contributed by atoms with van der Waals surface area (Å²) in [4.78, 5) is 13.7. The maximum Gasteiger partial charge on any atom is 0.434 e. The van der Waals surface area contributed by atoms with E-state index in [1.807, 2.05) is 6.92 Å². The molecule has 0 spiro atoms. The first kappa shape index (κ1) is 10.3. The highest BCUT2D eigenvalue weighted by molar-refractivity contribution is 5.09. The predicted molar refractivity (Wildman–Crippen MR) is 53.7 cm³/mol. The lowest BCUT2D eigenvalue weighted by molar-refractivity contribution is -0.396. The molecule has 8 nitrogen and oxygen atoms in total. The Hall–Kier alpha value is -2.25. The van der Waals surface area contributed by atoms with Crippen LogP contribution in [0.2, 0.25) is 0 Å². The summed E-state index contributed by atoms with van der Waals surface area (Å²) in [6.07, 6.45) is 4.69. The van der Waals surface area contributed by atoms with Gasteiger partial charge in [0.05, 0.1) is 6.20 Å². The molecule has 0 atom stereocenters. The molecule has 0 aliphatic carbocycles. The van der Waals surface area contributed by atoms with Crippen molar-refractivity contribution in [2.24, 2.45) is 0 Å². The fourth-order valence-electron chi connectivity index (χ4n) is 1.34. The Morgan fingerprint density at radius 1 is 1.56 bits per heavy atom. The first-order valence-corrected chi connectivity index (χ1v) is 4.75. The van der Waals surface area contributed by atoms with E-state index >= 15 is 0 Å². The molecular weight excluding hydrogens is 212 g/mol. The van der Waals surface area contributed by atoms with Crippen molar-refractivity contribution >= 4 is 5.95 Å². The second-order valence-electron chi connectivity index (χ2n) is 3.18. The quantitative estimate of drug-likeness (QED) is 0.553. The third-order valence-electron chi connectivity index (χ3n) is 2.10. The zero-order valence-corrected chi connectivity index (χ0v) is 8.65. The van der Waals surface area contributed by atoms with Gasteiger partial charge in [0.2, 0.25) is 0 Å². The topological polar surface area (TPSA) is 91.7 Å². The molecule has 0 saturated heterocycles. The van der Waals surface area contributed by atoms with Gasteiger partial charge in [0, 0.05) is 6.54 Å². The first-order chi connectivity index (χ1) is 7.70. The van der Waals surface area contributed by atoms with Crippen LogP contribution in [0.4, 0.5) is 5.95 Å². The molecule has 0 aliphatic rings. The van der Waals surface area contributed by atoms with Crippen molar-refractivity contribution in [1.29, 1.82) is 0 Å². The zero-order chi connectivity index (χ0) is 11.5. The minimum atomic E-state index is -0.524.